The summed E-state index contributed by atoms with van der Waals surface area (Å²) in [5, 5.41) is 10.7. The van der Waals surface area contributed by atoms with Crippen molar-refractivity contribution in [2.45, 2.75) is 31.2 Å². The molecule has 7 nitrogen and oxygen atoms in total. The largest absolute Gasteiger partial charge is 0.340 e. The molecule has 2 amide bonds. The van der Waals surface area contributed by atoms with E-state index in [1.807, 2.05) is 52.2 Å². The van der Waals surface area contributed by atoms with Crippen LogP contribution in [0.5, 0.6) is 0 Å². The van der Waals surface area contributed by atoms with Crippen molar-refractivity contribution in [1.29, 1.82) is 0 Å². The van der Waals surface area contributed by atoms with Crippen LogP contribution in [0, 0.1) is 5.92 Å². The van der Waals surface area contributed by atoms with Crippen LogP contribution in [-0.2, 0) is 15.1 Å². The number of hydrogen-bond acceptors (Lipinski definition) is 4. The molecule has 1 aromatic carbocycles. The van der Waals surface area contributed by atoms with Gasteiger partial charge in [-0.15, -0.1) is 0 Å². The average molecular weight is 381 g/mol. The standard InChI is InChI=1S/C21H27N5O2/c27-19(24-18-7-2-1-3-8-18)17-6-4-14-25(16-17)20(28)21(9-12-22-13-10-21)26-15-5-11-23-26/h1-3,5,7-8,11,15,17,22H,4,6,9-10,12-14,16H2,(H,24,27). The second-order valence-electron chi connectivity index (χ2n) is 7.68. The number of benzene rings is 1. The van der Waals surface area contributed by atoms with E-state index < -0.39 is 5.54 Å². The van der Waals surface area contributed by atoms with E-state index in [1.54, 1.807) is 6.20 Å². The Morgan fingerprint density at radius 2 is 1.93 bits per heavy atom. The number of rotatable bonds is 4. The quantitative estimate of drug-likeness (QED) is 0.847. The third-order valence-corrected chi connectivity index (χ3v) is 5.89. The highest BCUT2D eigenvalue weighted by molar-refractivity contribution is 5.93. The Morgan fingerprint density at radius 1 is 1.14 bits per heavy atom. The van der Waals surface area contributed by atoms with Crippen LogP contribution >= 0.6 is 0 Å². The normalized spacial score (nSPS) is 21.9. The van der Waals surface area contributed by atoms with Crippen molar-refractivity contribution in [3.05, 3.63) is 48.8 Å². The number of amides is 2. The van der Waals surface area contributed by atoms with E-state index in [0.717, 1.165) is 31.6 Å². The average Bonchev–Trinajstić information content (AvgIpc) is 3.30. The van der Waals surface area contributed by atoms with Crippen molar-refractivity contribution in [1.82, 2.24) is 20.0 Å². The Bertz CT molecular complexity index is 799. The first-order valence-corrected chi connectivity index (χ1v) is 10.1. The van der Waals surface area contributed by atoms with Crippen molar-refractivity contribution in [3.8, 4) is 0 Å². The molecule has 0 spiro atoms. The van der Waals surface area contributed by atoms with Crippen molar-refractivity contribution in [2.24, 2.45) is 5.92 Å². The third kappa shape index (κ3) is 3.67. The van der Waals surface area contributed by atoms with E-state index in [-0.39, 0.29) is 17.7 Å². The van der Waals surface area contributed by atoms with Crippen LogP contribution in [-0.4, -0.2) is 52.7 Å². The van der Waals surface area contributed by atoms with Crippen LogP contribution < -0.4 is 10.6 Å². The molecule has 4 rings (SSSR count). The number of nitrogens with one attached hydrogen (secondary N) is 2. The molecule has 148 valence electrons. The van der Waals surface area contributed by atoms with Crippen molar-refractivity contribution in [2.75, 3.05) is 31.5 Å². The van der Waals surface area contributed by atoms with Gasteiger partial charge in [-0.2, -0.15) is 5.10 Å². The Balaban J connectivity index is 1.48. The highest BCUT2D eigenvalue weighted by atomic mass is 16.2. The van der Waals surface area contributed by atoms with Crippen LogP contribution in [0.15, 0.2) is 48.8 Å². The number of aromatic nitrogens is 2. The summed E-state index contributed by atoms with van der Waals surface area (Å²) in [6.07, 6.45) is 6.68. The van der Waals surface area contributed by atoms with Gasteiger partial charge in [0.1, 0.15) is 5.54 Å². The maximum atomic E-state index is 13.6. The lowest BCUT2D eigenvalue weighted by Crippen LogP contribution is -2.58. The molecule has 2 aliphatic rings. The minimum atomic E-state index is -0.646. The van der Waals surface area contributed by atoms with Crippen LogP contribution in [0.4, 0.5) is 5.69 Å². The molecule has 1 aromatic heterocycles. The lowest BCUT2D eigenvalue weighted by Gasteiger charge is -2.42. The molecule has 0 saturated carbocycles. The van der Waals surface area contributed by atoms with Gasteiger partial charge >= 0.3 is 0 Å². The highest BCUT2D eigenvalue weighted by Gasteiger charge is 2.45. The second-order valence-corrected chi connectivity index (χ2v) is 7.68. The molecule has 2 aliphatic heterocycles. The van der Waals surface area contributed by atoms with Crippen molar-refractivity contribution < 1.29 is 9.59 Å². The number of piperidine rings is 2. The Labute approximate surface area is 165 Å². The number of anilines is 1. The summed E-state index contributed by atoms with van der Waals surface area (Å²) in [6.45, 7) is 2.74. The summed E-state index contributed by atoms with van der Waals surface area (Å²) in [5.74, 6) is -0.105. The van der Waals surface area contributed by atoms with Gasteiger partial charge in [0.25, 0.3) is 5.91 Å². The third-order valence-electron chi connectivity index (χ3n) is 5.89. The number of hydrogen-bond donors (Lipinski definition) is 2. The Morgan fingerprint density at radius 3 is 2.64 bits per heavy atom. The summed E-state index contributed by atoms with van der Waals surface area (Å²) in [4.78, 5) is 28.2. The van der Waals surface area contributed by atoms with Gasteiger partial charge in [-0.25, -0.2) is 0 Å². The molecule has 3 heterocycles. The molecule has 0 aliphatic carbocycles. The molecule has 1 atom stereocenters. The van der Waals surface area contributed by atoms with E-state index in [1.165, 1.54) is 0 Å². The van der Waals surface area contributed by atoms with Gasteiger partial charge in [-0.3, -0.25) is 14.3 Å². The molecule has 28 heavy (non-hydrogen) atoms. The molecule has 2 aromatic rings. The predicted octanol–water partition coefficient (Wildman–Crippen LogP) is 1.84. The van der Waals surface area contributed by atoms with Gasteiger partial charge in [-0.05, 0) is 57.0 Å². The zero-order valence-electron chi connectivity index (χ0n) is 16.0. The zero-order chi connectivity index (χ0) is 19.4. The van der Waals surface area contributed by atoms with Crippen molar-refractivity contribution >= 4 is 17.5 Å². The van der Waals surface area contributed by atoms with Crippen LogP contribution in [0.25, 0.3) is 0 Å². The van der Waals surface area contributed by atoms with E-state index >= 15 is 0 Å². The summed E-state index contributed by atoms with van der Waals surface area (Å²) in [5.41, 5.74) is 0.148. The number of carbonyl (C=O) groups is 2. The number of nitrogens with zero attached hydrogens (tertiary/aromatic N) is 3. The van der Waals surface area contributed by atoms with E-state index in [0.29, 0.717) is 25.9 Å². The fourth-order valence-corrected chi connectivity index (χ4v) is 4.34. The predicted molar refractivity (Wildman–Crippen MR) is 107 cm³/mol. The van der Waals surface area contributed by atoms with Crippen LogP contribution in [0.3, 0.4) is 0 Å². The van der Waals surface area contributed by atoms with E-state index in [9.17, 15) is 9.59 Å². The summed E-state index contributed by atoms with van der Waals surface area (Å²) in [7, 11) is 0. The molecule has 7 heteroatoms. The fraction of sp³-hybridized carbons (Fsp3) is 0.476. The number of likely N-dealkylation sites (tertiary alicyclic amines) is 1. The minimum Gasteiger partial charge on any atom is -0.340 e. The summed E-state index contributed by atoms with van der Waals surface area (Å²) in [6, 6.07) is 11.3. The van der Waals surface area contributed by atoms with E-state index in [2.05, 4.69) is 15.7 Å². The van der Waals surface area contributed by atoms with Crippen LogP contribution in [0.1, 0.15) is 25.7 Å². The molecule has 0 radical (unpaired) electrons. The maximum Gasteiger partial charge on any atom is 0.250 e. The number of para-hydroxylation sites is 1. The fourth-order valence-electron chi connectivity index (χ4n) is 4.34. The smallest absolute Gasteiger partial charge is 0.250 e. The van der Waals surface area contributed by atoms with Gasteiger partial charge in [0.2, 0.25) is 5.91 Å². The number of carbonyl (C=O) groups excluding carboxylic acids is 2. The summed E-state index contributed by atoms with van der Waals surface area (Å²) < 4.78 is 1.82. The topological polar surface area (TPSA) is 79.3 Å². The first kappa shape index (κ1) is 18.7. The van der Waals surface area contributed by atoms with E-state index in [4.69, 9.17) is 0 Å². The SMILES string of the molecule is O=C(Nc1ccccc1)C1CCCN(C(=O)C2(n3cccn3)CCNCC2)C1. The second kappa shape index (κ2) is 8.14. The van der Waals surface area contributed by atoms with Gasteiger partial charge in [0.05, 0.1) is 5.92 Å². The highest BCUT2D eigenvalue weighted by Crippen LogP contribution is 2.31. The monoisotopic (exact) mass is 381 g/mol. The van der Waals surface area contributed by atoms with Gasteiger partial charge in [0.15, 0.2) is 0 Å². The zero-order valence-corrected chi connectivity index (χ0v) is 16.0. The lowest BCUT2D eigenvalue weighted by atomic mass is 9.85. The van der Waals surface area contributed by atoms with Gasteiger partial charge < -0.3 is 15.5 Å². The molecular formula is C21H27N5O2. The van der Waals surface area contributed by atoms with Crippen LogP contribution in [0.2, 0.25) is 0 Å². The van der Waals surface area contributed by atoms with Gasteiger partial charge in [0, 0.05) is 31.2 Å². The molecule has 2 fully saturated rings. The minimum absolute atomic E-state index is 0.0119. The molecule has 1 unspecified atom stereocenters. The molecule has 0 bridgehead atoms. The summed E-state index contributed by atoms with van der Waals surface area (Å²) >= 11 is 0. The molecule has 2 N–H and O–H groups in total. The maximum absolute atomic E-state index is 13.6. The Kier molecular flexibility index (Phi) is 5.43. The first-order valence-electron chi connectivity index (χ1n) is 10.1. The molecule has 2 saturated heterocycles. The van der Waals surface area contributed by atoms with Crippen molar-refractivity contribution in [3.63, 3.8) is 0 Å². The Hall–Kier alpha value is -2.67. The lowest BCUT2D eigenvalue weighted by molar-refractivity contribution is -0.145. The van der Waals surface area contributed by atoms with Gasteiger partial charge in [-0.1, -0.05) is 18.2 Å². The first-order chi connectivity index (χ1) is 13.7. The molecular weight excluding hydrogens is 354 g/mol.